The molecule has 0 saturated heterocycles. The van der Waals surface area contributed by atoms with Crippen LogP contribution in [-0.2, 0) is 9.47 Å². The van der Waals surface area contributed by atoms with E-state index in [0.717, 1.165) is 0 Å². The molecule has 0 aliphatic heterocycles. The van der Waals surface area contributed by atoms with E-state index in [1.807, 2.05) is 6.92 Å². The zero-order valence-corrected chi connectivity index (χ0v) is 11.4. The molecule has 0 amide bonds. The van der Waals surface area contributed by atoms with E-state index in [1.54, 1.807) is 0 Å². The van der Waals surface area contributed by atoms with Crippen molar-refractivity contribution in [2.45, 2.75) is 18.8 Å². The van der Waals surface area contributed by atoms with Crippen LogP contribution in [0.25, 0.3) is 0 Å². The van der Waals surface area contributed by atoms with Crippen LogP contribution < -0.4 is 11.1 Å². The van der Waals surface area contributed by atoms with Gasteiger partial charge in [-0.15, -0.1) is 0 Å². The maximum atomic E-state index is 13.2. The van der Waals surface area contributed by atoms with Gasteiger partial charge in [-0.05, 0) is 25.1 Å². The number of anilines is 1. The van der Waals surface area contributed by atoms with Crippen molar-refractivity contribution in [1.29, 1.82) is 0 Å². The highest BCUT2D eigenvalue weighted by atomic mass is 35.5. The van der Waals surface area contributed by atoms with Crippen LogP contribution in [0, 0.1) is 5.82 Å². The summed E-state index contributed by atoms with van der Waals surface area (Å²) < 4.78 is 23.6. The van der Waals surface area contributed by atoms with Crippen LogP contribution in [0.3, 0.4) is 0 Å². The first-order valence-electron chi connectivity index (χ1n) is 5.45. The fourth-order valence-corrected chi connectivity index (χ4v) is 1.89. The van der Waals surface area contributed by atoms with Gasteiger partial charge in [-0.2, -0.15) is 0 Å². The summed E-state index contributed by atoms with van der Waals surface area (Å²) in [7, 11) is 3.02. The Kier molecular flexibility index (Phi) is 5.34. The second-order valence-electron chi connectivity index (χ2n) is 4.17. The molecule has 0 heterocycles. The molecular weight excluding hydrogens is 259 g/mol. The van der Waals surface area contributed by atoms with E-state index in [9.17, 15) is 4.39 Å². The van der Waals surface area contributed by atoms with Crippen molar-refractivity contribution in [1.82, 2.24) is 0 Å². The Morgan fingerprint density at radius 1 is 1.44 bits per heavy atom. The van der Waals surface area contributed by atoms with E-state index in [1.165, 1.54) is 32.4 Å². The third kappa shape index (κ3) is 3.32. The largest absolute Gasteiger partial charge is 0.373 e. The summed E-state index contributed by atoms with van der Waals surface area (Å²) in [6.45, 7) is 2.04. The molecule has 0 spiro atoms. The van der Waals surface area contributed by atoms with Crippen molar-refractivity contribution in [3.63, 3.8) is 0 Å². The van der Waals surface area contributed by atoms with Crippen molar-refractivity contribution in [3.05, 3.63) is 29.0 Å². The number of hydrogen-bond acceptors (Lipinski definition) is 4. The third-order valence-electron chi connectivity index (χ3n) is 2.72. The van der Waals surface area contributed by atoms with Crippen molar-refractivity contribution in [2.24, 2.45) is 5.73 Å². The van der Waals surface area contributed by atoms with Gasteiger partial charge in [0.25, 0.3) is 0 Å². The van der Waals surface area contributed by atoms with Gasteiger partial charge < -0.3 is 20.5 Å². The molecule has 0 radical (unpaired) electrons. The normalized spacial score (nSPS) is 14.6. The number of hydrogen-bond donors (Lipinski definition) is 2. The monoisotopic (exact) mass is 276 g/mol. The first-order chi connectivity index (χ1) is 8.46. The Labute approximate surface area is 111 Å². The molecule has 1 atom stereocenters. The zero-order valence-electron chi connectivity index (χ0n) is 10.7. The number of nitrogens with one attached hydrogen (secondary N) is 1. The van der Waals surface area contributed by atoms with Crippen LogP contribution in [0.5, 0.6) is 0 Å². The third-order valence-corrected chi connectivity index (χ3v) is 3.05. The highest BCUT2D eigenvalue weighted by Crippen LogP contribution is 2.27. The van der Waals surface area contributed by atoms with Gasteiger partial charge in [-0.25, -0.2) is 4.39 Å². The predicted octanol–water partition coefficient (Wildman–Crippen LogP) is 2.23. The van der Waals surface area contributed by atoms with E-state index in [0.29, 0.717) is 10.7 Å². The van der Waals surface area contributed by atoms with E-state index >= 15 is 0 Å². The Morgan fingerprint density at radius 3 is 2.56 bits per heavy atom. The summed E-state index contributed by atoms with van der Waals surface area (Å²) in [6, 6.07) is 4.07. The molecule has 1 rings (SSSR count). The fourth-order valence-electron chi connectivity index (χ4n) is 1.72. The van der Waals surface area contributed by atoms with E-state index in [4.69, 9.17) is 26.8 Å². The number of rotatable bonds is 6. The van der Waals surface area contributed by atoms with Crippen LogP contribution in [0.2, 0.25) is 5.02 Å². The number of benzene rings is 1. The van der Waals surface area contributed by atoms with Crippen molar-refractivity contribution < 1.29 is 13.9 Å². The minimum absolute atomic E-state index is 0.228. The van der Waals surface area contributed by atoms with Gasteiger partial charge in [-0.3, -0.25) is 0 Å². The minimum Gasteiger partial charge on any atom is -0.373 e. The van der Waals surface area contributed by atoms with E-state index in [-0.39, 0.29) is 12.4 Å². The van der Waals surface area contributed by atoms with Crippen molar-refractivity contribution >= 4 is 17.3 Å². The molecule has 1 aromatic rings. The van der Waals surface area contributed by atoms with Gasteiger partial charge in [0.15, 0.2) is 6.29 Å². The molecule has 1 aromatic carbocycles. The molecule has 0 aliphatic rings. The Hall–Kier alpha value is -0.880. The maximum absolute atomic E-state index is 13.2. The van der Waals surface area contributed by atoms with E-state index in [2.05, 4.69) is 5.32 Å². The standard InChI is InChI=1S/C12H18ClFN2O2/c1-12(7-15,11(17-2)18-3)16-10-6-8(14)4-5-9(10)13/h4-6,11,16H,7,15H2,1-3H3. The number of halogens is 2. The fraction of sp³-hybridized carbons (Fsp3) is 0.500. The van der Waals surface area contributed by atoms with Gasteiger partial charge >= 0.3 is 0 Å². The number of methoxy groups -OCH3 is 2. The Balaban J connectivity index is 3.01. The van der Waals surface area contributed by atoms with Crippen LogP contribution >= 0.6 is 11.6 Å². The molecule has 0 aromatic heterocycles. The molecule has 3 N–H and O–H groups in total. The molecule has 102 valence electrons. The molecule has 0 saturated carbocycles. The second-order valence-corrected chi connectivity index (χ2v) is 4.58. The van der Waals surface area contributed by atoms with Crippen LogP contribution in [-0.4, -0.2) is 32.6 Å². The SMILES string of the molecule is COC(OC)C(C)(CN)Nc1cc(F)ccc1Cl. The van der Waals surface area contributed by atoms with Gasteiger partial charge in [0.1, 0.15) is 5.82 Å². The minimum atomic E-state index is -0.721. The van der Waals surface area contributed by atoms with Gasteiger partial charge in [0.05, 0.1) is 16.2 Å². The van der Waals surface area contributed by atoms with E-state index < -0.39 is 11.8 Å². The first kappa shape index (κ1) is 15.2. The quantitative estimate of drug-likeness (QED) is 0.783. The topological polar surface area (TPSA) is 56.5 Å². The summed E-state index contributed by atoms with van der Waals surface area (Å²) in [4.78, 5) is 0. The van der Waals surface area contributed by atoms with Gasteiger partial charge in [0, 0.05) is 20.8 Å². The lowest BCUT2D eigenvalue weighted by molar-refractivity contribution is -0.134. The average Bonchev–Trinajstić information content (AvgIpc) is 2.35. The van der Waals surface area contributed by atoms with Crippen LogP contribution in [0.1, 0.15) is 6.92 Å². The highest BCUT2D eigenvalue weighted by Gasteiger charge is 2.34. The lowest BCUT2D eigenvalue weighted by Gasteiger charge is -2.36. The van der Waals surface area contributed by atoms with Gasteiger partial charge in [-0.1, -0.05) is 11.6 Å². The summed E-state index contributed by atoms with van der Waals surface area (Å²) in [5.41, 5.74) is 5.46. The van der Waals surface area contributed by atoms with Crippen LogP contribution in [0.4, 0.5) is 10.1 Å². The summed E-state index contributed by atoms with van der Waals surface area (Å²) in [6.07, 6.45) is -0.582. The average molecular weight is 277 g/mol. The maximum Gasteiger partial charge on any atom is 0.180 e. The molecule has 4 nitrogen and oxygen atoms in total. The van der Waals surface area contributed by atoms with Crippen molar-refractivity contribution in [3.8, 4) is 0 Å². The van der Waals surface area contributed by atoms with Gasteiger partial charge in [0.2, 0.25) is 0 Å². The second kappa shape index (κ2) is 6.33. The highest BCUT2D eigenvalue weighted by molar-refractivity contribution is 6.33. The first-order valence-corrected chi connectivity index (χ1v) is 5.83. The zero-order chi connectivity index (χ0) is 13.8. The van der Waals surface area contributed by atoms with Crippen molar-refractivity contribution in [2.75, 3.05) is 26.1 Å². The molecule has 1 unspecified atom stereocenters. The smallest absolute Gasteiger partial charge is 0.180 e. The number of ether oxygens (including phenoxy) is 2. The summed E-state index contributed by atoms with van der Waals surface area (Å²) >= 11 is 6.00. The molecule has 0 fully saturated rings. The molecule has 6 heteroatoms. The predicted molar refractivity (Wildman–Crippen MR) is 70.3 cm³/mol. The lowest BCUT2D eigenvalue weighted by atomic mass is 10.0. The lowest BCUT2D eigenvalue weighted by Crippen LogP contribution is -2.54. The Bertz CT molecular complexity index is 402. The Morgan fingerprint density at radius 2 is 2.06 bits per heavy atom. The summed E-state index contributed by atoms with van der Waals surface area (Å²) in [5.74, 6) is -0.382. The van der Waals surface area contributed by atoms with Crippen LogP contribution in [0.15, 0.2) is 18.2 Å². The number of nitrogens with two attached hydrogens (primary N) is 1. The molecule has 18 heavy (non-hydrogen) atoms. The summed E-state index contributed by atoms with van der Waals surface area (Å²) in [5, 5.41) is 3.47. The molecular formula is C12H18ClFN2O2. The molecule has 0 aliphatic carbocycles. The molecule has 0 bridgehead atoms.